The summed E-state index contributed by atoms with van der Waals surface area (Å²) in [5.74, 6) is 0. The van der Waals surface area contributed by atoms with Crippen molar-refractivity contribution in [3.05, 3.63) is 182 Å². The van der Waals surface area contributed by atoms with E-state index in [1.54, 1.807) is 0 Å². The van der Waals surface area contributed by atoms with E-state index in [0.29, 0.717) is 0 Å². The number of rotatable bonds is 3. The second kappa shape index (κ2) is 13.5. The van der Waals surface area contributed by atoms with Gasteiger partial charge in [0.25, 0.3) is 0 Å². The summed E-state index contributed by atoms with van der Waals surface area (Å²) in [7, 11) is 0. The zero-order valence-electron chi connectivity index (χ0n) is 34.1. The Morgan fingerprint density at radius 3 is 2.17 bits per heavy atom. The third-order valence-corrected chi connectivity index (χ3v) is 15.0. The number of pyridine rings is 2. The number of hydrogen-bond acceptors (Lipinski definition) is 1. The Kier molecular flexibility index (Phi) is 7.92. The lowest BCUT2D eigenvalue weighted by Crippen LogP contribution is -2.58. The van der Waals surface area contributed by atoms with Crippen LogP contribution < -0.4 is 9.13 Å². The van der Waals surface area contributed by atoms with Crippen molar-refractivity contribution in [2.24, 2.45) is 0 Å². The van der Waals surface area contributed by atoms with E-state index in [1.165, 1.54) is 103 Å². The van der Waals surface area contributed by atoms with Gasteiger partial charge in [-0.3, -0.25) is 0 Å². The molecule has 3 nitrogen and oxygen atoms in total. The van der Waals surface area contributed by atoms with Gasteiger partial charge in [0.1, 0.15) is 0 Å². The van der Waals surface area contributed by atoms with Gasteiger partial charge in [-0.05, 0) is 102 Å². The van der Waals surface area contributed by atoms with Gasteiger partial charge in [0.15, 0.2) is 23.6 Å². The molecule has 0 spiro atoms. The monoisotopic (exact) mass is 791 g/mol. The van der Waals surface area contributed by atoms with Gasteiger partial charge in [0.05, 0.1) is 28.5 Å². The molecule has 0 radical (unpaired) electrons. The van der Waals surface area contributed by atoms with Crippen molar-refractivity contribution < 1.29 is 9.13 Å². The molecule has 0 fully saturated rings. The van der Waals surface area contributed by atoms with Crippen molar-refractivity contribution in [3.63, 3.8) is 0 Å². The molecule has 0 amide bonds. The number of hydrogen-bond donors (Lipinski definition) is 0. The fourth-order valence-electron chi connectivity index (χ4n) is 10.8. The lowest BCUT2D eigenvalue weighted by molar-refractivity contribution is -0.758. The van der Waals surface area contributed by atoms with Crippen molar-refractivity contribution in [1.82, 2.24) is 4.40 Å². The van der Waals surface area contributed by atoms with Crippen LogP contribution in [0.25, 0.3) is 97.6 Å². The SMILES string of the molecule is C=C1CC(CC)(CC)[n+]2ccccc2-c2cc3c4cc(-c5ccccc5)cc5c6c7c(ccc6n(c3cc2CCc2ccccc2-c2cccc[n+]21)c45)sc1ccccc17. The van der Waals surface area contributed by atoms with E-state index < -0.39 is 0 Å². The maximum atomic E-state index is 4.81. The molecule has 60 heavy (non-hydrogen) atoms. The number of benzene rings is 6. The van der Waals surface area contributed by atoms with Crippen molar-refractivity contribution in [2.45, 2.75) is 51.5 Å². The zero-order chi connectivity index (χ0) is 40.1. The fraction of sp³-hybridized carbons (Fsp3) is 0.143. The largest absolute Gasteiger partial charge is 0.308 e. The molecule has 6 heterocycles. The highest BCUT2D eigenvalue weighted by Gasteiger charge is 2.42. The highest BCUT2D eigenvalue weighted by molar-refractivity contribution is 7.26. The minimum Gasteiger partial charge on any atom is -0.308 e. The fourth-order valence-corrected chi connectivity index (χ4v) is 12.0. The van der Waals surface area contributed by atoms with E-state index in [-0.39, 0.29) is 5.54 Å². The van der Waals surface area contributed by atoms with E-state index in [1.807, 2.05) is 11.3 Å². The van der Waals surface area contributed by atoms with Gasteiger partial charge in [-0.2, -0.15) is 9.13 Å². The molecule has 1 aliphatic heterocycles. The Balaban J connectivity index is 1.21. The van der Waals surface area contributed by atoms with Crippen molar-refractivity contribution in [3.8, 4) is 33.6 Å². The molecular weight excluding hydrogens is 747 g/mol. The topological polar surface area (TPSA) is 12.2 Å². The van der Waals surface area contributed by atoms with Crippen LogP contribution in [-0.4, -0.2) is 4.40 Å². The van der Waals surface area contributed by atoms with E-state index in [0.717, 1.165) is 37.8 Å². The van der Waals surface area contributed by atoms with Crippen LogP contribution in [0.5, 0.6) is 0 Å². The normalized spacial score (nSPS) is 14.3. The molecular formula is C56H45N3S+2. The third-order valence-electron chi connectivity index (χ3n) is 13.9. The van der Waals surface area contributed by atoms with Gasteiger partial charge in [0, 0.05) is 84.4 Å². The molecule has 0 saturated heterocycles. The van der Waals surface area contributed by atoms with Crippen molar-refractivity contribution >= 4 is 75.3 Å². The number of nitrogens with zero attached hydrogens (tertiary/aromatic N) is 3. The maximum absolute atomic E-state index is 4.81. The molecule has 0 aliphatic carbocycles. The van der Waals surface area contributed by atoms with Gasteiger partial charge in [-0.15, -0.1) is 11.3 Å². The predicted octanol–water partition coefficient (Wildman–Crippen LogP) is 14.0. The maximum Gasteiger partial charge on any atom is 0.218 e. The Morgan fingerprint density at radius 2 is 1.30 bits per heavy atom. The van der Waals surface area contributed by atoms with Gasteiger partial charge >= 0.3 is 0 Å². The van der Waals surface area contributed by atoms with Crippen LogP contribution >= 0.6 is 11.3 Å². The molecule has 288 valence electrons. The highest BCUT2D eigenvalue weighted by atomic mass is 32.1. The van der Waals surface area contributed by atoms with Gasteiger partial charge < -0.3 is 4.40 Å². The Morgan fingerprint density at radius 1 is 0.567 bits per heavy atom. The molecule has 12 rings (SSSR count). The summed E-state index contributed by atoms with van der Waals surface area (Å²) < 4.78 is 10.2. The minimum atomic E-state index is -0.186. The van der Waals surface area contributed by atoms with Crippen LogP contribution in [0.1, 0.15) is 44.2 Å². The first-order chi connectivity index (χ1) is 29.5. The van der Waals surface area contributed by atoms with Crippen molar-refractivity contribution in [1.29, 1.82) is 0 Å². The predicted molar refractivity (Wildman–Crippen MR) is 253 cm³/mol. The summed E-state index contributed by atoms with van der Waals surface area (Å²) in [4.78, 5) is 0. The second-order valence-electron chi connectivity index (χ2n) is 16.8. The molecule has 5 aromatic heterocycles. The van der Waals surface area contributed by atoms with E-state index in [9.17, 15) is 0 Å². The van der Waals surface area contributed by atoms with Gasteiger partial charge in [0.2, 0.25) is 11.4 Å². The first kappa shape index (κ1) is 35.3. The van der Waals surface area contributed by atoms with Crippen molar-refractivity contribution in [2.75, 3.05) is 0 Å². The van der Waals surface area contributed by atoms with E-state index >= 15 is 0 Å². The summed E-state index contributed by atoms with van der Waals surface area (Å²) in [5.41, 5.74) is 15.1. The van der Waals surface area contributed by atoms with Crippen LogP contribution in [0.3, 0.4) is 0 Å². The zero-order valence-corrected chi connectivity index (χ0v) is 34.9. The Hall–Kier alpha value is -6.62. The molecule has 0 saturated carbocycles. The lowest BCUT2D eigenvalue weighted by atomic mass is 9.85. The molecule has 0 atom stereocenters. The highest BCUT2D eigenvalue weighted by Crippen LogP contribution is 2.48. The molecule has 4 heteroatoms. The Bertz CT molecular complexity index is 3510. The van der Waals surface area contributed by atoms with Crippen LogP contribution in [0.4, 0.5) is 0 Å². The number of thiophene rings is 1. The summed E-state index contributed by atoms with van der Waals surface area (Å²) in [6.07, 6.45) is 9.14. The average molecular weight is 792 g/mol. The molecule has 0 N–H and O–H groups in total. The molecule has 11 aromatic rings. The second-order valence-corrected chi connectivity index (χ2v) is 17.9. The average Bonchev–Trinajstić information content (AvgIpc) is 3.96. The first-order valence-electron chi connectivity index (χ1n) is 21.5. The summed E-state index contributed by atoms with van der Waals surface area (Å²) >= 11 is 1.90. The van der Waals surface area contributed by atoms with Crippen LogP contribution in [0.2, 0.25) is 0 Å². The summed E-state index contributed by atoms with van der Waals surface area (Å²) in [6.45, 7) is 9.52. The van der Waals surface area contributed by atoms with Crippen LogP contribution in [0.15, 0.2) is 171 Å². The number of aryl methyl sites for hydroxylation is 2. The van der Waals surface area contributed by atoms with Crippen LogP contribution in [-0.2, 0) is 18.4 Å². The van der Waals surface area contributed by atoms with Crippen LogP contribution in [0, 0.1) is 0 Å². The summed E-state index contributed by atoms with van der Waals surface area (Å²) in [5, 5.41) is 8.00. The molecule has 1 aliphatic rings. The molecule has 0 bridgehead atoms. The number of fused-ring (bicyclic) bond motifs is 16. The molecule has 6 aromatic carbocycles. The van der Waals surface area contributed by atoms with Gasteiger partial charge in [-0.25, -0.2) is 0 Å². The van der Waals surface area contributed by atoms with E-state index in [4.69, 9.17) is 6.58 Å². The minimum absolute atomic E-state index is 0.186. The smallest absolute Gasteiger partial charge is 0.218 e. The quantitative estimate of drug-likeness (QED) is 0.158. The number of allylic oxidation sites excluding steroid dienone is 1. The summed E-state index contributed by atoms with van der Waals surface area (Å²) in [6, 6.07) is 57.1. The van der Waals surface area contributed by atoms with Gasteiger partial charge in [-0.1, -0.05) is 80.6 Å². The third kappa shape index (κ3) is 5.07. The first-order valence-corrected chi connectivity index (χ1v) is 22.3. The molecule has 0 unspecified atom stereocenters. The lowest BCUT2D eigenvalue weighted by Gasteiger charge is -2.28. The number of aromatic nitrogens is 3. The Labute approximate surface area is 354 Å². The standard InChI is InChI=1S/C56H45N3S/c1-4-56(5-2)35-36(3)57-29-15-13-22-47(57)41-20-10-9-19-38(41)25-26-39-33-50-44(34-43(39)48-23-14-16-30-58(48)56)45-31-40(37-17-7-6-8-18-37)32-46-53-49(59(50)55(45)46)27-28-52-54(53)42-21-11-12-24-51(42)60-52/h6-24,27-34H,3-5,25-26,35H2,1-2H3/q+2. The van der Waals surface area contributed by atoms with E-state index in [2.05, 4.69) is 191 Å².